The number of nitrogens with two attached hydrogens (primary N) is 1. The monoisotopic (exact) mass is 287 g/mol. The number of benzene rings is 1. The Balaban J connectivity index is 2.31. The lowest BCUT2D eigenvalue weighted by atomic mass is 10.1. The maximum absolute atomic E-state index is 6.06. The van der Waals surface area contributed by atoms with E-state index in [9.17, 15) is 0 Å². The third-order valence-electron chi connectivity index (χ3n) is 2.25. The van der Waals surface area contributed by atoms with Crippen molar-refractivity contribution in [2.45, 2.75) is 25.8 Å². The van der Waals surface area contributed by atoms with Crippen LogP contribution in [0.4, 0.5) is 0 Å². The summed E-state index contributed by atoms with van der Waals surface area (Å²) in [5.41, 5.74) is 7.39. The summed E-state index contributed by atoms with van der Waals surface area (Å²) in [6.07, 6.45) is 2.09. The molecule has 0 amide bonds. The Morgan fingerprint density at radius 2 is 2.00 bits per heavy atom. The molecule has 0 aromatic heterocycles. The van der Waals surface area contributed by atoms with Crippen LogP contribution in [0.5, 0.6) is 0 Å². The van der Waals surface area contributed by atoms with Crippen molar-refractivity contribution in [2.75, 3.05) is 11.5 Å². The maximum Gasteiger partial charge on any atom is 0.0175 e. The van der Waals surface area contributed by atoms with Crippen LogP contribution in [0, 0.1) is 0 Å². The first kappa shape index (κ1) is 13.1. The van der Waals surface area contributed by atoms with E-state index < -0.39 is 0 Å². The Morgan fingerprint density at radius 1 is 1.33 bits per heavy atom. The maximum atomic E-state index is 6.06. The largest absolute Gasteiger partial charge is 0.327 e. The molecule has 0 heterocycles. The minimum Gasteiger partial charge on any atom is -0.327 e. The lowest BCUT2D eigenvalue weighted by Crippen LogP contribution is -2.23. The zero-order valence-corrected chi connectivity index (χ0v) is 11.5. The highest BCUT2D eigenvalue weighted by molar-refractivity contribution is 9.10. The Bertz CT molecular complexity index is 273. The second-order valence-corrected chi connectivity index (χ2v) is 5.89. The first-order valence-electron chi connectivity index (χ1n) is 5.30. The molecule has 2 N–H and O–H groups in total. The van der Waals surface area contributed by atoms with Crippen LogP contribution in [-0.2, 0) is 6.42 Å². The molecule has 0 fully saturated rings. The van der Waals surface area contributed by atoms with Crippen LogP contribution in [0.2, 0.25) is 0 Å². The second-order valence-electron chi connectivity index (χ2n) is 3.58. The predicted molar refractivity (Wildman–Crippen MR) is 73.4 cm³/mol. The van der Waals surface area contributed by atoms with Gasteiger partial charge in [0.05, 0.1) is 0 Å². The summed E-state index contributed by atoms with van der Waals surface area (Å²) in [7, 11) is 0. The van der Waals surface area contributed by atoms with Gasteiger partial charge in [-0.1, -0.05) is 35.0 Å². The molecule has 3 heteroatoms. The summed E-state index contributed by atoms with van der Waals surface area (Å²) in [6.45, 7) is 2.19. The molecule has 0 saturated heterocycles. The standard InChI is InChI=1S/C12H18BrNS/c1-2-15-8-7-12(14)9-10-3-5-11(13)6-4-10/h3-6,12H,2,7-9,14H2,1H3. The molecule has 84 valence electrons. The van der Waals surface area contributed by atoms with E-state index in [1.807, 2.05) is 11.8 Å². The van der Waals surface area contributed by atoms with Crippen LogP contribution in [0.25, 0.3) is 0 Å². The summed E-state index contributed by atoms with van der Waals surface area (Å²) >= 11 is 5.39. The normalized spacial score (nSPS) is 12.7. The smallest absolute Gasteiger partial charge is 0.0175 e. The molecule has 1 atom stereocenters. The highest BCUT2D eigenvalue weighted by Crippen LogP contribution is 2.13. The molecule has 0 aliphatic carbocycles. The lowest BCUT2D eigenvalue weighted by Gasteiger charge is -2.11. The zero-order chi connectivity index (χ0) is 11.1. The van der Waals surface area contributed by atoms with Crippen LogP contribution < -0.4 is 5.73 Å². The van der Waals surface area contributed by atoms with Crippen molar-refractivity contribution in [3.05, 3.63) is 34.3 Å². The molecule has 15 heavy (non-hydrogen) atoms. The second kappa shape index (κ2) is 7.31. The highest BCUT2D eigenvalue weighted by atomic mass is 79.9. The van der Waals surface area contributed by atoms with Crippen LogP contribution >= 0.6 is 27.7 Å². The van der Waals surface area contributed by atoms with Gasteiger partial charge in [-0.15, -0.1) is 0 Å². The van der Waals surface area contributed by atoms with E-state index in [-0.39, 0.29) is 0 Å². The molecular weight excluding hydrogens is 270 g/mol. The van der Waals surface area contributed by atoms with Crippen molar-refractivity contribution >= 4 is 27.7 Å². The van der Waals surface area contributed by atoms with E-state index in [2.05, 4.69) is 47.1 Å². The van der Waals surface area contributed by atoms with Gasteiger partial charge in [-0.05, 0) is 42.0 Å². The third kappa shape index (κ3) is 5.59. The quantitative estimate of drug-likeness (QED) is 0.811. The Kier molecular flexibility index (Phi) is 6.37. The van der Waals surface area contributed by atoms with Crippen molar-refractivity contribution in [2.24, 2.45) is 5.73 Å². The van der Waals surface area contributed by atoms with E-state index in [0.29, 0.717) is 6.04 Å². The lowest BCUT2D eigenvalue weighted by molar-refractivity contribution is 0.651. The van der Waals surface area contributed by atoms with Crippen molar-refractivity contribution in [3.8, 4) is 0 Å². The third-order valence-corrected chi connectivity index (χ3v) is 3.71. The first-order chi connectivity index (χ1) is 7.22. The topological polar surface area (TPSA) is 26.0 Å². The molecule has 1 aromatic rings. The van der Waals surface area contributed by atoms with Gasteiger partial charge in [0, 0.05) is 10.5 Å². The average Bonchev–Trinajstić information content (AvgIpc) is 2.22. The minimum absolute atomic E-state index is 0.297. The SMILES string of the molecule is CCSCCC(N)Cc1ccc(Br)cc1. The van der Waals surface area contributed by atoms with Gasteiger partial charge in [0.25, 0.3) is 0 Å². The van der Waals surface area contributed by atoms with E-state index >= 15 is 0 Å². The van der Waals surface area contributed by atoms with Crippen molar-refractivity contribution < 1.29 is 0 Å². The van der Waals surface area contributed by atoms with Crippen molar-refractivity contribution in [3.63, 3.8) is 0 Å². The molecule has 0 aliphatic heterocycles. The van der Waals surface area contributed by atoms with Crippen molar-refractivity contribution in [1.29, 1.82) is 0 Å². The number of hydrogen-bond acceptors (Lipinski definition) is 2. The zero-order valence-electron chi connectivity index (χ0n) is 9.08. The molecule has 0 saturated carbocycles. The minimum atomic E-state index is 0.297. The van der Waals surface area contributed by atoms with Crippen LogP contribution in [0.3, 0.4) is 0 Å². The molecule has 0 radical (unpaired) electrons. The van der Waals surface area contributed by atoms with Gasteiger partial charge < -0.3 is 5.73 Å². The van der Waals surface area contributed by atoms with Gasteiger partial charge >= 0.3 is 0 Å². The van der Waals surface area contributed by atoms with Crippen LogP contribution in [-0.4, -0.2) is 17.5 Å². The van der Waals surface area contributed by atoms with E-state index in [1.54, 1.807) is 0 Å². The highest BCUT2D eigenvalue weighted by Gasteiger charge is 2.03. The fourth-order valence-corrected chi connectivity index (χ4v) is 2.43. The summed E-state index contributed by atoms with van der Waals surface area (Å²) in [5.74, 6) is 2.36. The predicted octanol–water partition coefficient (Wildman–Crippen LogP) is 3.46. The summed E-state index contributed by atoms with van der Waals surface area (Å²) in [6, 6.07) is 8.71. The molecule has 1 aromatic carbocycles. The number of rotatable bonds is 6. The van der Waals surface area contributed by atoms with E-state index in [0.717, 1.165) is 17.3 Å². The van der Waals surface area contributed by atoms with Gasteiger partial charge in [0.1, 0.15) is 0 Å². The van der Waals surface area contributed by atoms with Crippen LogP contribution in [0.15, 0.2) is 28.7 Å². The number of hydrogen-bond donors (Lipinski definition) is 1. The Labute approximate surface area is 105 Å². The molecule has 0 bridgehead atoms. The van der Waals surface area contributed by atoms with E-state index in [1.165, 1.54) is 17.1 Å². The Hall–Kier alpha value is 0.01000. The van der Waals surface area contributed by atoms with Crippen molar-refractivity contribution in [1.82, 2.24) is 0 Å². The molecule has 1 rings (SSSR count). The van der Waals surface area contributed by atoms with E-state index in [4.69, 9.17) is 5.73 Å². The molecule has 1 unspecified atom stereocenters. The Morgan fingerprint density at radius 3 is 2.60 bits per heavy atom. The first-order valence-corrected chi connectivity index (χ1v) is 7.25. The number of thioether (sulfide) groups is 1. The summed E-state index contributed by atoms with van der Waals surface area (Å²) in [4.78, 5) is 0. The fourth-order valence-electron chi connectivity index (χ4n) is 1.40. The fraction of sp³-hybridized carbons (Fsp3) is 0.500. The average molecular weight is 288 g/mol. The van der Waals surface area contributed by atoms with Gasteiger partial charge in [0.2, 0.25) is 0 Å². The molecular formula is C12H18BrNS. The van der Waals surface area contributed by atoms with Gasteiger partial charge in [-0.3, -0.25) is 0 Å². The summed E-state index contributed by atoms with van der Waals surface area (Å²) in [5, 5.41) is 0. The molecule has 1 nitrogen and oxygen atoms in total. The summed E-state index contributed by atoms with van der Waals surface area (Å²) < 4.78 is 1.13. The van der Waals surface area contributed by atoms with Gasteiger partial charge in [-0.25, -0.2) is 0 Å². The van der Waals surface area contributed by atoms with Crippen LogP contribution in [0.1, 0.15) is 18.9 Å². The van der Waals surface area contributed by atoms with Gasteiger partial charge in [-0.2, -0.15) is 11.8 Å². The molecule has 0 spiro atoms. The molecule has 0 aliphatic rings. The number of halogens is 1. The van der Waals surface area contributed by atoms with Gasteiger partial charge in [0.15, 0.2) is 0 Å².